The molecule has 0 aliphatic carbocycles. The zero-order valence-electron chi connectivity index (χ0n) is 11.9. The molecule has 2 amide bonds. The van der Waals surface area contributed by atoms with Crippen molar-refractivity contribution < 1.29 is 14.3 Å². The van der Waals surface area contributed by atoms with Crippen LogP contribution in [0.25, 0.3) is 0 Å². The Morgan fingerprint density at radius 2 is 2.20 bits per heavy atom. The molecule has 0 aromatic heterocycles. The molecule has 0 spiro atoms. The highest BCUT2D eigenvalue weighted by atomic mass is 16.5. The number of amides is 2. The monoisotopic (exact) mass is 276 g/mol. The minimum atomic E-state index is -0.151. The van der Waals surface area contributed by atoms with Gasteiger partial charge >= 0.3 is 0 Å². The third kappa shape index (κ3) is 3.73. The van der Waals surface area contributed by atoms with E-state index in [2.05, 4.69) is 5.32 Å². The zero-order valence-corrected chi connectivity index (χ0v) is 11.9. The van der Waals surface area contributed by atoms with Gasteiger partial charge in [0.15, 0.2) is 6.61 Å². The van der Waals surface area contributed by atoms with Crippen LogP contribution in [0.15, 0.2) is 18.2 Å². The smallest absolute Gasteiger partial charge is 0.260 e. The first-order valence-electron chi connectivity index (χ1n) is 6.81. The van der Waals surface area contributed by atoms with Crippen molar-refractivity contribution in [2.24, 2.45) is 0 Å². The summed E-state index contributed by atoms with van der Waals surface area (Å²) in [6, 6.07) is 5.83. The summed E-state index contributed by atoms with van der Waals surface area (Å²) in [5.41, 5.74) is 2.16. The van der Waals surface area contributed by atoms with Gasteiger partial charge in [-0.15, -0.1) is 0 Å². The Kier molecular flexibility index (Phi) is 4.61. The average Bonchev–Trinajstić information content (AvgIpc) is 2.62. The number of ether oxygens (including phenoxy) is 1. The highest BCUT2D eigenvalue weighted by Crippen LogP contribution is 2.18. The Hall–Kier alpha value is -2.04. The summed E-state index contributed by atoms with van der Waals surface area (Å²) in [5.74, 6) is 0.451. The summed E-state index contributed by atoms with van der Waals surface area (Å²) < 4.78 is 5.56. The van der Waals surface area contributed by atoms with Crippen LogP contribution in [0.4, 0.5) is 0 Å². The van der Waals surface area contributed by atoms with Crippen LogP contribution in [-0.2, 0) is 9.59 Å². The average molecular weight is 276 g/mol. The second-order valence-corrected chi connectivity index (χ2v) is 5.08. The first-order chi connectivity index (χ1) is 9.56. The van der Waals surface area contributed by atoms with Gasteiger partial charge in [-0.05, 0) is 31.9 Å². The molecular formula is C15H20N2O3. The Morgan fingerprint density at radius 1 is 1.40 bits per heavy atom. The Bertz CT molecular complexity index is 514. The second-order valence-electron chi connectivity index (χ2n) is 5.08. The van der Waals surface area contributed by atoms with E-state index in [4.69, 9.17) is 4.74 Å². The molecule has 1 heterocycles. The topological polar surface area (TPSA) is 58.6 Å². The minimum absolute atomic E-state index is 0.0306. The van der Waals surface area contributed by atoms with Gasteiger partial charge < -0.3 is 15.0 Å². The Labute approximate surface area is 118 Å². The molecule has 0 radical (unpaired) electrons. The lowest BCUT2D eigenvalue weighted by Crippen LogP contribution is -2.39. The van der Waals surface area contributed by atoms with Gasteiger partial charge in [0.25, 0.3) is 5.91 Å². The van der Waals surface area contributed by atoms with Crippen LogP contribution in [0, 0.1) is 13.8 Å². The molecule has 1 aromatic carbocycles. The Morgan fingerprint density at radius 3 is 2.95 bits per heavy atom. The highest BCUT2D eigenvalue weighted by Gasteiger charge is 2.20. The predicted octanol–water partition coefficient (Wildman–Crippen LogP) is 1.03. The quantitative estimate of drug-likeness (QED) is 0.897. The van der Waals surface area contributed by atoms with Crippen molar-refractivity contribution in [2.75, 3.05) is 26.2 Å². The van der Waals surface area contributed by atoms with Crippen molar-refractivity contribution >= 4 is 11.8 Å². The molecule has 1 aliphatic rings. The van der Waals surface area contributed by atoms with Gasteiger partial charge in [-0.2, -0.15) is 0 Å². The first-order valence-corrected chi connectivity index (χ1v) is 6.81. The van der Waals surface area contributed by atoms with E-state index in [9.17, 15) is 9.59 Å². The highest BCUT2D eigenvalue weighted by molar-refractivity contribution is 5.85. The van der Waals surface area contributed by atoms with Gasteiger partial charge in [0.1, 0.15) is 5.75 Å². The maximum absolute atomic E-state index is 12.1. The summed E-state index contributed by atoms with van der Waals surface area (Å²) in [4.78, 5) is 25.0. The number of benzene rings is 1. The van der Waals surface area contributed by atoms with Crippen molar-refractivity contribution in [1.29, 1.82) is 0 Å². The predicted molar refractivity (Wildman–Crippen MR) is 75.6 cm³/mol. The van der Waals surface area contributed by atoms with Crippen molar-refractivity contribution in [3.63, 3.8) is 0 Å². The minimum Gasteiger partial charge on any atom is -0.484 e. The fourth-order valence-corrected chi connectivity index (χ4v) is 2.21. The molecule has 108 valence electrons. The third-order valence-electron chi connectivity index (χ3n) is 3.30. The summed E-state index contributed by atoms with van der Waals surface area (Å²) in [6.45, 7) is 5.27. The van der Waals surface area contributed by atoms with Gasteiger partial charge in [-0.25, -0.2) is 0 Å². The van der Waals surface area contributed by atoms with Crippen LogP contribution in [0.2, 0.25) is 0 Å². The molecule has 0 unspecified atom stereocenters. The molecule has 1 saturated heterocycles. The lowest BCUT2D eigenvalue weighted by atomic mass is 10.1. The van der Waals surface area contributed by atoms with Crippen molar-refractivity contribution in [3.8, 4) is 5.75 Å². The molecule has 20 heavy (non-hydrogen) atoms. The molecule has 1 aromatic rings. The van der Waals surface area contributed by atoms with Gasteiger partial charge in [0.2, 0.25) is 5.91 Å². The van der Waals surface area contributed by atoms with E-state index in [0.717, 1.165) is 17.5 Å². The van der Waals surface area contributed by atoms with Crippen molar-refractivity contribution in [1.82, 2.24) is 10.2 Å². The van der Waals surface area contributed by atoms with E-state index < -0.39 is 0 Å². The summed E-state index contributed by atoms with van der Waals surface area (Å²) in [6.07, 6.45) is 0.779. The fraction of sp³-hybridized carbons (Fsp3) is 0.467. The SMILES string of the molecule is Cc1ccc(OCC(=O)N2CCCNC(=O)C2)c(C)c1. The standard InChI is InChI=1S/C15H20N2O3/c1-11-4-5-13(12(2)8-11)20-10-15(19)17-7-3-6-16-14(18)9-17/h4-5,8H,3,6-7,9-10H2,1-2H3,(H,16,18). The van der Waals surface area contributed by atoms with E-state index in [-0.39, 0.29) is 25.0 Å². The number of nitrogens with zero attached hydrogens (tertiary/aromatic N) is 1. The van der Waals surface area contributed by atoms with Crippen LogP contribution < -0.4 is 10.1 Å². The molecule has 5 nitrogen and oxygen atoms in total. The number of rotatable bonds is 3. The fourth-order valence-electron chi connectivity index (χ4n) is 2.21. The Balaban J connectivity index is 1.92. The maximum atomic E-state index is 12.1. The van der Waals surface area contributed by atoms with E-state index in [0.29, 0.717) is 18.8 Å². The molecule has 1 aliphatic heterocycles. The van der Waals surface area contributed by atoms with E-state index in [1.54, 1.807) is 4.90 Å². The summed E-state index contributed by atoms with van der Waals surface area (Å²) in [5, 5.41) is 2.74. The molecule has 0 atom stereocenters. The molecule has 1 N–H and O–H groups in total. The zero-order chi connectivity index (χ0) is 14.5. The van der Waals surface area contributed by atoms with Crippen LogP contribution in [0.3, 0.4) is 0 Å². The van der Waals surface area contributed by atoms with Crippen LogP contribution in [0.5, 0.6) is 5.75 Å². The van der Waals surface area contributed by atoms with E-state index in [1.807, 2.05) is 32.0 Å². The number of carbonyl (C=O) groups is 2. The van der Waals surface area contributed by atoms with Crippen molar-refractivity contribution in [3.05, 3.63) is 29.3 Å². The molecule has 2 rings (SSSR count). The van der Waals surface area contributed by atoms with Gasteiger partial charge in [0.05, 0.1) is 6.54 Å². The van der Waals surface area contributed by atoms with E-state index in [1.165, 1.54) is 0 Å². The molecule has 0 bridgehead atoms. The van der Waals surface area contributed by atoms with Gasteiger partial charge in [-0.1, -0.05) is 17.7 Å². The number of carbonyl (C=O) groups excluding carboxylic acids is 2. The number of nitrogens with one attached hydrogen (secondary N) is 1. The number of hydrogen-bond acceptors (Lipinski definition) is 3. The molecule has 0 saturated carbocycles. The van der Waals surface area contributed by atoms with Crippen molar-refractivity contribution in [2.45, 2.75) is 20.3 Å². The lowest BCUT2D eigenvalue weighted by Gasteiger charge is -2.19. The lowest BCUT2D eigenvalue weighted by molar-refractivity contribution is -0.136. The normalized spacial score (nSPS) is 15.5. The largest absolute Gasteiger partial charge is 0.484 e. The molecular weight excluding hydrogens is 256 g/mol. The third-order valence-corrected chi connectivity index (χ3v) is 3.30. The molecule has 5 heteroatoms. The van der Waals surface area contributed by atoms with Gasteiger partial charge in [0, 0.05) is 13.1 Å². The first kappa shape index (κ1) is 14.4. The van der Waals surface area contributed by atoms with Crippen LogP contribution in [-0.4, -0.2) is 43.0 Å². The summed E-state index contributed by atoms with van der Waals surface area (Å²) in [7, 11) is 0. The number of hydrogen-bond donors (Lipinski definition) is 1. The summed E-state index contributed by atoms with van der Waals surface area (Å²) >= 11 is 0. The maximum Gasteiger partial charge on any atom is 0.260 e. The van der Waals surface area contributed by atoms with E-state index >= 15 is 0 Å². The van der Waals surface area contributed by atoms with Crippen LogP contribution in [0.1, 0.15) is 17.5 Å². The number of aryl methyl sites for hydroxylation is 2. The van der Waals surface area contributed by atoms with Gasteiger partial charge in [-0.3, -0.25) is 9.59 Å². The molecule has 1 fully saturated rings. The second kappa shape index (κ2) is 6.41. The van der Waals surface area contributed by atoms with Crippen LogP contribution >= 0.6 is 0 Å².